The van der Waals surface area contributed by atoms with Crippen LogP contribution in [0.25, 0.3) is 5.82 Å². The van der Waals surface area contributed by atoms with E-state index in [0.717, 1.165) is 6.54 Å². The van der Waals surface area contributed by atoms with E-state index >= 15 is 0 Å². The Bertz CT molecular complexity index is 846. The molecule has 1 aliphatic carbocycles. The van der Waals surface area contributed by atoms with Crippen molar-refractivity contribution in [3.8, 4) is 5.82 Å². The predicted octanol–water partition coefficient (Wildman–Crippen LogP) is 1.77. The lowest BCUT2D eigenvalue weighted by Crippen LogP contribution is -2.48. The average molecular weight is 382 g/mol. The molecule has 148 valence electrons. The van der Waals surface area contributed by atoms with Gasteiger partial charge in [0.1, 0.15) is 18.5 Å². The van der Waals surface area contributed by atoms with E-state index in [2.05, 4.69) is 29.0 Å². The van der Waals surface area contributed by atoms with E-state index in [1.165, 1.54) is 12.8 Å². The third kappa shape index (κ3) is 3.90. The number of pyridine rings is 1. The molecule has 2 aromatic rings. The minimum absolute atomic E-state index is 0.0544. The minimum atomic E-state index is -0.0663. The normalized spacial score (nSPS) is 20.5. The molecule has 1 saturated carbocycles. The van der Waals surface area contributed by atoms with Crippen LogP contribution in [0.2, 0.25) is 0 Å². The van der Waals surface area contributed by atoms with E-state index in [1.54, 1.807) is 35.6 Å². The number of carbonyl (C=O) groups is 2. The molecule has 0 bridgehead atoms. The zero-order valence-electron chi connectivity index (χ0n) is 16.4. The third-order valence-corrected chi connectivity index (χ3v) is 5.61. The van der Waals surface area contributed by atoms with Crippen molar-refractivity contribution in [3.63, 3.8) is 0 Å². The highest BCUT2D eigenvalue weighted by molar-refractivity contribution is 5.95. The van der Waals surface area contributed by atoms with Gasteiger partial charge in [-0.2, -0.15) is 0 Å². The molecule has 0 radical (unpaired) electrons. The first kappa shape index (κ1) is 18.6. The molecule has 8 heteroatoms. The highest BCUT2D eigenvalue weighted by Gasteiger charge is 2.36. The van der Waals surface area contributed by atoms with Crippen molar-refractivity contribution in [2.45, 2.75) is 39.2 Å². The lowest BCUT2D eigenvalue weighted by atomic mass is 10.0. The smallest absolute Gasteiger partial charge is 0.254 e. The largest absolute Gasteiger partial charge is 0.337 e. The van der Waals surface area contributed by atoms with Gasteiger partial charge in [0, 0.05) is 37.8 Å². The van der Waals surface area contributed by atoms with Crippen LogP contribution in [0.4, 0.5) is 0 Å². The van der Waals surface area contributed by atoms with Crippen LogP contribution < -0.4 is 0 Å². The van der Waals surface area contributed by atoms with Crippen molar-refractivity contribution >= 4 is 11.8 Å². The van der Waals surface area contributed by atoms with E-state index < -0.39 is 0 Å². The van der Waals surface area contributed by atoms with Crippen molar-refractivity contribution in [1.82, 2.24) is 29.5 Å². The molecule has 2 amide bonds. The Kier molecular flexibility index (Phi) is 5.11. The second kappa shape index (κ2) is 7.69. The molecule has 1 saturated heterocycles. The van der Waals surface area contributed by atoms with Crippen molar-refractivity contribution in [1.29, 1.82) is 0 Å². The highest BCUT2D eigenvalue weighted by atomic mass is 16.2. The van der Waals surface area contributed by atoms with Gasteiger partial charge in [0.2, 0.25) is 5.91 Å². The summed E-state index contributed by atoms with van der Waals surface area (Å²) >= 11 is 0. The van der Waals surface area contributed by atoms with Gasteiger partial charge in [0.15, 0.2) is 0 Å². The summed E-state index contributed by atoms with van der Waals surface area (Å²) in [7, 11) is 0. The molecule has 2 aromatic heterocycles. The van der Waals surface area contributed by atoms with Gasteiger partial charge in [-0.3, -0.25) is 14.2 Å². The number of amides is 2. The topological polar surface area (TPSA) is 84.2 Å². The van der Waals surface area contributed by atoms with Gasteiger partial charge in [-0.15, -0.1) is 10.2 Å². The molecule has 0 spiro atoms. The fourth-order valence-electron chi connectivity index (χ4n) is 3.74. The van der Waals surface area contributed by atoms with Crippen LogP contribution in [0.3, 0.4) is 0 Å². The van der Waals surface area contributed by atoms with Gasteiger partial charge >= 0.3 is 0 Å². The quantitative estimate of drug-likeness (QED) is 0.787. The number of hydrogen-bond acceptors (Lipinski definition) is 5. The maximum atomic E-state index is 13.2. The minimum Gasteiger partial charge on any atom is -0.337 e. The Balaban J connectivity index is 1.55. The second-order valence-corrected chi connectivity index (χ2v) is 8.07. The highest BCUT2D eigenvalue weighted by Crippen LogP contribution is 2.32. The van der Waals surface area contributed by atoms with Crippen LogP contribution in [0.1, 0.15) is 43.5 Å². The van der Waals surface area contributed by atoms with Crippen LogP contribution in [0.15, 0.2) is 31.0 Å². The van der Waals surface area contributed by atoms with Crippen molar-refractivity contribution in [2.24, 2.45) is 11.8 Å². The van der Waals surface area contributed by atoms with E-state index in [4.69, 9.17) is 0 Å². The molecule has 1 aliphatic heterocycles. The van der Waals surface area contributed by atoms with Crippen molar-refractivity contribution < 1.29 is 9.59 Å². The fraction of sp³-hybridized carbons (Fsp3) is 0.550. The van der Waals surface area contributed by atoms with Crippen LogP contribution in [0, 0.1) is 11.8 Å². The van der Waals surface area contributed by atoms with Gasteiger partial charge in [0.25, 0.3) is 5.91 Å². The van der Waals surface area contributed by atoms with Crippen molar-refractivity contribution in [2.75, 3.05) is 19.6 Å². The molecule has 2 fully saturated rings. The summed E-state index contributed by atoms with van der Waals surface area (Å²) in [4.78, 5) is 34.1. The zero-order valence-corrected chi connectivity index (χ0v) is 16.4. The predicted molar refractivity (Wildman–Crippen MR) is 103 cm³/mol. The molecular weight excluding hydrogens is 356 g/mol. The number of nitrogens with zero attached hydrogens (tertiary/aromatic N) is 6. The first-order valence-corrected chi connectivity index (χ1v) is 9.92. The zero-order chi connectivity index (χ0) is 19.7. The first-order valence-electron chi connectivity index (χ1n) is 9.92. The molecule has 0 N–H and O–H groups in total. The van der Waals surface area contributed by atoms with Crippen LogP contribution in [-0.4, -0.2) is 67.0 Å². The van der Waals surface area contributed by atoms with Crippen LogP contribution in [-0.2, 0) is 4.79 Å². The fourth-order valence-corrected chi connectivity index (χ4v) is 3.74. The molecule has 8 nitrogen and oxygen atoms in total. The number of aromatic nitrogens is 4. The summed E-state index contributed by atoms with van der Waals surface area (Å²) in [6, 6.07) is 3.51. The van der Waals surface area contributed by atoms with Crippen LogP contribution in [0.5, 0.6) is 0 Å². The standard InChI is InChI=1S/C20H26N6O2/c1-14(2)17-11-24(8-6-19(27)26(17)10-15-3-4-15)20(28)16-5-7-21-18(9-16)25-12-22-23-13-25/h5,7,9,12-15,17H,3-4,6,8,10-11H2,1-2H3. The van der Waals surface area contributed by atoms with Gasteiger partial charge in [-0.25, -0.2) is 4.98 Å². The molecule has 4 rings (SSSR count). The summed E-state index contributed by atoms with van der Waals surface area (Å²) in [5, 5.41) is 7.57. The summed E-state index contributed by atoms with van der Waals surface area (Å²) < 4.78 is 1.66. The number of carbonyl (C=O) groups excluding carboxylic acids is 2. The second-order valence-electron chi connectivity index (χ2n) is 8.07. The van der Waals surface area contributed by atoms with E-state index in [9.17, 15) is 9.59 Å². The van der Waals surface area contributed by atoms with E-state index in [0.29, 0.717) is 42.7 Å². The lowest BCUT2D eigenvalue weighted by molar-refractivity contribution is -0.133. The first-order chi connectivity index (χ1) is 13.5. The lowest BCUT2D eigenvalue weighted by Gasteiger charge is -2.34. The Morgan fingerprint density at radius 2 is 2.00 bits per heavy atom. The van der Waals surface area contributed by atoms with Gasteiger partial charge in [0.05, 0.1) is 6.04 Å². The third-order valence-electron chi connectivity index (χ3n) is 5.61. The summed E-state index contributed by atoms with van der Waals surface area (Å²) in [5.74, 6) is 1.63. The maximum Gasteiger partial charge on any atom is 0.254 e. The number of rotatable bonds is 5. The van der Waals surface area contributed by atoms with E-state index in [-0.39, 0.29) is 17.9 Å². The molecule has 3 heterocycles. The molecule has 1 unspecified atom stereocenters. The molecule has 28 heavy (non-hydrogen) atoms. The summed E-state index contributed by atoms with van der Waals surface area (Å²) in [6.45, 7) is 6.10. The molecular formula is C20H26N6O2. The number of hydrogen-bond donors (Lipinski definition) is 0. The summed E-state index contributed by atoms with van der Waals surface area (Å²) in [5.41, 5.74) is 0.560. The Labute approximate surface area is 164 Å². The van der Waals surface area contributed by atoms with Gasteiger partial charge in [-0.1, -0.05) is 13.8 Å². The van der Waals surface area contributed by atoms with Gasteiger partial charge < -0.3 is 9.80 Å². The Morgan fingerprint density at radius 3 is 2.68 bits per heavy atom. The molecule has 0 aromatic carbocycles. The van der Waals surface area contributed by atoms with E-state index in [1.807, 2.05) is 9.80 Å². The Hall–Kier alpha value is -2.77. The Morgan fingerprint density at radius 1 is 1.25 bits per heavy atom. The molecule has 1 atom stereocenters. The van der Waals surface area contributed by atoms with Crippen molar-refractivity contribution in [3.05, 3.63) is 36.5 Å². The van der Waals surface area contributed by atoms with Gasteiger partial charge in [-0.05, 0) is 36.8 Å². The average Bonchev–Trinajstić information content (AvgIpc) is 3.38. The maximum absolute atomic E-state index is 13.2. The SMILES string of the molecule is CC(C)C1CN(C(=O)c2ccnc(-n3cnnc3)c2)CCC(=O)N1CC1CC1. The molecule has 2 aliphatic rings. The van der Waals surface area contributed by atoms with Crippen LogP contribution >= 0.6 is 0 Å². The monoisotopic (exact) mass is 382 g/mol. The summed E-state index contributed by atoms with van der Waals surface area (Å²) in [6.07, 6.45) is 7.51.